The first-order valence-corrected chi connectivity index (χ1v) is 8.38. The molecule has 1 unspecified atom stereocenters. The Labute approximate surface area is 157 Å². The quantitative estimate of drug-likeness (QED) is 0.374. The number of hydrogen-bond donors (Lipinski definition) is 2. The molecule has 6 nitrogen and oxygen atoms in total. The largest absolute Gasteiger partial charge is 0.354 e. The summed E-state index contributed by atoms with van der Waals surface area (Å²) in [5.74, 6) is -1.55. The van der Waals surface area contributed by atoms with Gasteiger partial charge in [0.05, 0.1) is 11.4 Å². The Morgan fingerprint density at radius 2 is 1.85 bits per heavy atom. The van der Waals surface area contributed by atoms with Crippen LogP contribution in [-0.4, -0.2) is 28.6 Å². The van der Waals surface area contributed by atoms with Crippen LogP contribution in [0.3, 0.4) is 0 Å². The molecule has 1 aromatic carbocycles. The monoisotopic (exact) mass is 373 g/mol. The molecule has 26 heavy (non-hydrogen) atoms. The normalized spacial score (nSPS) is 15.2. The van der Waals surface area contributed by atoms with Gasteiger partial charge in [0.25, 0.3) is 0 Å². The number of aromatic nitrogens is 1. The summed E-state index contributed by atoms with van der Waals surface area (Å²) < 4.78 is 0. The molecular weight excluding hydrogens is 354 g/mol. The van der Waals surface area contributed by atoms with E-state index >= 15 is 0 Å². The Morgan fingerprint density at radius 1 is 1.19 bits per heavy atom. The molecule has 0 radical (unpaired) electrons. The molecule has 7 heteroatoms. The molecule has 2 heterocycles. The lowest BCUT2D eigenvalue weighted by Gasteiger charge is -2.15. The second-order valence-corrected chi connectivity index (χ2v) is 7.12. The first kappa shape index (κ1) is 19.6. The van der Waals surface area contributed by atoms with E-state index in [9.17, 15) is 14.4 Å². The standard InChI is InChI=1S/C14H9ClN2O2.C5H11NO/c15-10-7-6-9-12(17-10)11(14(19)16-9)13(18)8-4-2-1-3-5-8;1-5(2,3)6-4-7/h1-7,11H,(H,16,19);4H,1-3H3,(H,6,7). The summed E-state index contributed by atoms with van der Waals surface area (Å²) >= 11 is 5.83. The van der Waals surface area contributed by atoms with Crippen molar-refractivity contribution < 1.29 is 14.4 Å². The highest BCUT2D eigenvalue weighted by Crippen LogP contribution is 2.34. The fourth-order valence-electron chi connectivity index (χ4n) is 2.29. The molecule has 2 amide bonds. The maximum atomic E-state index is 12.4. The Balaban J connectivity index is 0.000000298. The van der Waals surface area contributed by atoms with E-state index in [1.807, 2.05) is 26.8 Å². The summed E-state index contributed by atoms with van der Waals surface area (Å²) in [6.45, 7) is 5.80. The number of anilines is 1. The Kier molecular flexibility index (Phi) is 6.10. The van der Waals surface area contributed by atoms with Crippen LogP contribution in [0.2, 0.25) is 5.15 Å². The van der Waals surface area contributed by atoms with Crippen molar-refractivity contribution in [3.63, 3.8) is 0 Å². The lowest BCUT2D eigenvalue weighted by atomic mass is 9.95. The van der Waals surface area contributed by atoms with Crippen molar-refractivity contribution in [3.05, 3.63) is 58.9 Å². The average Bonchev–Trinajstić information content (AvgIpc) is 2.89. The Morgan fingerprint density at radius 3 is 2.38 bits per heavy atom. The molecule has 2 N–H and O–H groups in total. The Bertz CT molecular complexity index is 817. The summed E-state index contributed by atoms with van der Waals surface area (Å²) in [5, 5.41) is 5.51. The molecule has 1 atom stereocenters. The predicted octanol–water partition coefficient (Wildman–Crippen LogP) is 3.18. The number of benzene rings is 1. The number of rotatable bonds is 3. The minimum absolute atomic E-state index is 0.0677. The third-order valence-electron chi connectivity index (χ3n) is 3.50. The fourth-order valence-corrected chi connectivity index (χ4v) is 2.45. The molecule has 3 rings (SSSR count). The first-order valence-electron chi connectivity index (χ1n) is 8.01. The summed E-state index contributed by atoms with van der Waals surface area (Å²) in [6, 6.07) is 11.9. The molecule has 0 fully saturated rings. The summed E-state index contributed by atoms with van der Waals surface area (Å²) in [4.78, 5) is 38.1. The zero-order valence-electron chi connectivity index (χ0n) is 14.7. The van der Waals surface area contributed by atoms with E-state index in [4.69, 9.17) is 11.6 Å². The summed E-state index contributed by atoms with van der Waals surface area (Å²) in [7, 11) is 0. The number of nitrogens with zero attached hydrogens (tertiary/aromatic N) is 1. The van der Waals surface area contributed by atoms with Gasteiger partial charge in [0.2, 0.25) is 12.3 Å². The number of carbonyl (C=O) groups is 3. The van der Waals surface area contributed by atoms with E-state index < -0.39 is 5.92 Å². The van der Waals surface area contributed by atoms with Gasteiger partial charge in [0, 0.05) is 11.1 Å². The molecule has 0 bridgehead atoms. The highest BCUT2D eigenvalue weighted by molar-refractivity contribution is 6.30. The van der Waals surface area contributed by atoms with Crippen LogP contribution in [0.15, 0.2) is 42.5 Å². The number of fused-ring (bicyclic) bond motifs is 1. The van der Waals surface area contributed by atoms with Crippen molar-refractivity contribution in [2.75, 3.05) is 5.32 Å². The van der Waals surface area contributed by atoms with Crippen molar-refractivity contribution >= 4 is 35.4 Å². The van der Waals surface area contributed by atoms with E-state index in [2.05, 4.69) is 15.6 Å². The van der Waals surface area contributed by atoms with Gasteiger partial charge in [-0.3, -0.25) is 14.4 Å². The van der Waals surface area contributed by atoms with Crippen molar-refractivity contribution in [1.82, 2.24) is 10.3 Å². The van der Waals surface area contributed by atoms with Gasteiger partial charge < -0.3 is 10.6 Å². The zero-order valence-corrected chi connectivity index (χ0v) is 15.5. The SMILES string of the molecule is CC(C)(C)NC=O.O=C1Nc2ccc(Cl)nc2C1C(=O)c1ccccc1. The third kappa shape index (κ3) is 4.89. The number of halogens is 1. The van der Waals surface area contributed by atoms with E-state index in [1.165, 1.54) is 0 Å². The molecule has 0 aliphatic carbocycles. The molecule has 1 aliphatic heterocycles. The van der Waals surface area contributed by atoms with Gasteiger partial charge in [-0.05, 0) is 32.9 Å². The minimum Gasteiger partial charge on any atom is -0.354 e. The molecule has 1 aromatic heterocycles. The third-order valence-corrected chi connectivity index (χ3v) is 3.71. The molecule has 1 aliphatic rings. The van der Waals surface area contributed by atoms with Crippen molar-refractivity contribution in [2.45, 2.75) is 32.2 Å². The predicted molar refractivity (Wildman–Crippen MR) is 100 cm³/mol. The minimum atomic E-state index is -0.920. The lowest BCUT2D eigenvalue weighted by molar-refractivity contribution is -0.116. The lowest BCUT2D eigenvalue weighted by Crippen LogP contribution is -2.34. The van der Waals surface area contributed by atoms with Crippen LogP contribution in [0.4, 0.5) is 5.69 Å². The molecule has 0 spiro atoms. The molecule has 136 valence electrons. The molecule has 0 saturated carbocycles. The average molecular weight is 374 g/mol. The van der Waals surface area contributed by atoms with Crippen LogP contribution in [0.5, 0.6) is 0 Å². The van der Waals surface area contributed by atoms with Crippen molar-refractivity contribution in [1.29, 1.82) is 0 Å². The number of nitrogens with one attached hydrogen (secondary N) is 2. The van der Waals surface area contributed by atoms with Crippen molar-refractivity contribution in [3.8, 4) is 0 Å². The zero-order chi connectivity index (χ0) is 19.3. The summed E-state index contributed by atoms with van der Waals surface area (Å²) in [6.07, 6.45) is 0.708. The van der Waals surface area contributed by atoms with Gasteiger partial charge in [-0.2, -0.15) is 0 Å². The van der Waals surface area contributed by atoms with Crippen LogP contribution in [0.1, 0.15) is 42.7 Å². The fraction of sp³-hybridized carbons (Fsp3) is 0.263. The van der Waals surface area contributed by atoms with E-state index in [1.54, 1.807) is 36.4 Å². The summed E-state index contributed by atoms with van der Waals surface area (Å²) in [5.41, 5.74) is 1.36. The smallest absolute Gasteiger partial charge is 0.241 e. The Hall–Kier alpha value is -2.73. The number of ketones is 1. The van der Waals surface area contributed by atoms with Gasteiger partial charge >= 0.3 is 0 Å². The number of Topliss-reactive ketones (excluding diaryl/α,β-unsaturated/α-hetero) is 1. The van der Waals surface area contributed by atoms with E-state index in [-0.39, 0.29) is 22.4 Å². The second-order valence-electron chi connectivity index (χ2n) is 6.73. The first-order chi connectivity index (χ1) is 12.2. The highest BCUT2D eigenvalue weighted by atomic mass is 35.5. The van der Waals surface area contributed by atoms with E-state index in [0.29, 0.717) is 23.4 Å². The topological polar surface area (TPSA) is 88.2 Å². The maximum Gasteiger partial charge on any atom is 0.241 e. The maximum absolute atomic E-state index is 12.4. The highest BCUT2D eigenvalue weighted by Gasteiger charge is 2.38. The molecular formula is C19H20ClN3O3. The molecule has 2 aromatic rings. The van der Waals surface area contributed by atoms with E-state index in [0.717, 1.165) is 0 Å². The van der Waals surface area contributed by atoms with Crippen LogP contribution in [0.25, 0.3) is 0 Å². The van der Waals surface area contributed by atoms with Gasteiger partial charge in [0.1, 0.15) is 11.1 Å². The van der Waals surface area contributed by atoms with Crippen LogP contribution < -0.4 is 10.6 Å². The number of carbonyl (C=O) groups excluding carboxylic acids is 3. The van der Waals surface area contributed by atoms with Crippen molar-refractivity contribution in [2.24, 2.45) is 0 Å². The van der Waals surface area contributed by atoms with Gasteiger partial charge in [-0.1, -0.05) is 41.9 Å². The number of amides is 2. The second kappa shape index (κ2) is 8.10. The number of pyridine rings is 1. The van der Waals surface area contributed by atoms with Gasteiger partial charge in [0.15, 0.2) is 5.78 Å². The number of hydrogen-bond acceptors (Lipinski definition) is 4. The van der Waals surface area contributed by atoms with Crippen LogP contribution >= 0.6 is 11.6 Å². The van der Waals surface area contributed by atoms with Gasteiger partial charge in [-0.25, -0.2) is 4.98 Å². The van der Waals surface area contributed by atoms with Crippen LogP contribution in [0, 0.1) is 0 Å². The van der Waals surface area contributed by atoms with Gasteiger partial charge in [-0.15, -0.1) is 0 Å². The molecule has 0 saturated heterocycles. The van der Waals surface area contributed by atoms with Crippen LogP contribution in [-0.2, 0) is 9.59 Å².